The van der Waals surface area contributed by atoms with Crippen LogP contribution in [0.3, 0.4) is 0 Å². The lowest BCUT2D eigenvalue weighted by Gasteiger charge is -2.41. The average Bonchev–Trinajstić information content (AvgIpc) is 3.67. The number of oxazole rings is 1. The molecule has 1 fully saturated rings. The Labute approximate surface area is 287 Å². The van der Waals surface area contributed by atoms with E-state index in [0.717, 1.165) is 11.1 Å². The molecule has 1 N–H and O–H groups in total. The first kappa shape index (κ1) is 31.3. The van der Waals surface area contributed by atoms with E-state index in [-0.39, 0.29) is 47.1 Å². The third kappa shape index (κ3) is 4.81. The maximum Gasteiger partial charge on any atom is 0.238 e. The number of amides is 2. The summed E-state index contributed by atoms with van der Waals surface area (Å²) in [6.45, 7) is 1.62. The van der Waals surface area contributed by atoms with Crippen LogP contribution in [0.15, 0.2) is 106 Å². The van der Waals surface area contributed by atoms with Crippen molar-refractivity contribution in [3.63, 3.8) is 0 Å². The lowest BCUT2D eigenvalue weighted by molar-refractivity contribution is -0.123. The molecule has 4 aromatic rings. The molecule has 4 aliphatic rings. The number of aromatic hydroxyl groups is 1. The molecular weight excluding hydrogens is 636 g/mol. The summed E-state index contributed by atoms with van der Waals surface area (Å²) < 4.78 is 16.5. The van der Waals surface area contributed by atoms with Gasteiger partial charge in [-0.3, -0.25) is 24.1 Å². The van der Waals surface area contributed by atoms with Gasteiger partial charge in [0.1, 0.15) is 5.52 Å². The van der Waals surface area contributed by atoms with Crippen molar-refractivity contribution < 1.29 is 38.2 Å². The first-order valence-electron chi connectivity index (χ1n) is 16.4. The van der Waals surface area contributed by atoms with E-state index < -0.39 is 23.7 Å². The molecule has 2 heterocycles. The number of fused-ring (bicyclic) bond motifs is 4. The topological polar surface area (TPSA) is 136 Å². The number of anilines is 1. The Kier molecular flexibility index (Phi) is 7.40. The molecule has 0 spiro atoms. The summed E-state index contributed by atoms with van der Waals surface area (Å²) in [5, 5.41) is 10.4. The van der Waals surface area contributed by atoms with Crippen molar-refractivity contribution in [3.05, 3.63) is 107 Å². The second-order valence-corrected chi connectivity index (χ2v) is 13.0. The minimum atomic E-state index is -0.702. The van der Waals surface area contributed by atoms with Crippen molar-refractivity contribution in [2.45, 2.75) is 19.8 Å². The molecule has 3 aromatic carbocycles. The third-order valence-electron chi connectivity index (χ3n) is 10.3. The van der Waals surface area contributed by atoms with Crippen LogP contribution in [0.1, 0.15) is 25.3 Å². The number of methoxy groups -OCH3 is 2. The van der Waals surface area contributed by atoms with Gasteiger partial charge in [-0.05, 0) is 85.9 Å². The number of carbonyl (C=O) groups is 4. The zero-order chi connectivity index (χ0) is 34.8. The number of ketones is 2. The lowest BCUT2D eigenvalue weighted by atomic mass is 9.60. The number of allylic oxidation sites excluding steroid dienone is 7. The summed E-state index contributed by atoms with van der Waals surface area (Å²) >= 11 is 0. The summed E-state index contributed by atoms with van der Waals surface area (Å²) in [5.41, 5.74) is 5.13. The molecule has 8 rings (SSSR count). The van der Waals surface area contributed by atoms with Crippen molar-refractivity contribution in [3.8, 4) is 28.7 Å². The second kappa shape index (κ2) is 11.8. The molecule has 1 aliphatic heterocycles. The summed E-state index contributed by atoms with van der Waals surface area (Å²) in [7, 11) is 2.87. The zero-order valence-electron chi connectivity index (χ0n) is 27.5. The number of carbonyl (C=O) groups excluding carboxylic acids is 4. The van der Waals surface area contributed by atoms with E-state index in [1.807, 2.05) is 36.4 Å². The smallest absolute Gasteiger partial charge is 0.238 e. The molecule has 3 aliphatic carbocycles. The van der Waals surface area contributed by atoms with E-state index in [9.17, 15) is 24.3 Å². The van der Waals surface area contributed by atoms with Gasteiger partial charge in [0.25, 0.3) is 0 Å². The highest BCUT2D eigenvalue weighted by molar-refractivity contribution is 6.24. The Hall–Kier alpha value is -6.03. The van der Waals surface area contributed by atoms with Gasteiger partial charge < -0.3 is 19.0 Å². The van der Waals surface area contributed by atoms with E-state index in [2.05, 4.69) is 4.98 Å². The molecule has 0 saturated carbocycles. The highest BCUT2D eigenvalue weighted by atomic mass is 16.5. The Balaban J connectivity index is 1.14. The molecule has 250 valence electrons. The van der Waals surface area contributed by atoms with Crippen molar-refractivity contribution in [1.82, 2.24) is 4.98 Å². The minimum Gasteiger partial charge on any atom is -0.502 e. The van der Waals surface area contributed by atoms with Crippen LogP contribution in [0.5, 0.6) is 17.2 Å². The van der Waals surface area contributed by atoms with Crippen LogP contribution in [-0.2, 0) is 19.2 Å². The van der Waals surface area contributed by atoms with Crippen LogP contribution in [-0.4, -0.2) is 47.7 Å². The zero-order valence-corrected chi connectivity index (χ0v) is 27.5. The fourth-order valence-corrected chi connectivity index (χ4v) is 7.88. The Morgan fingerprint density at radius 1 is 0.940 bits per heavy atom. The quantitative estimate of drug-likeness (QED) is 0.141. The molecule has 1 aromatic heterocycles. The first-order chi connectivity index (χ1) is 24.2. The van der Waals surface area contributed by atoms with Gasteiger partial charge in [-0.25, -0.2) is 4.98 Å². The van der Waals surface area contributed by atoms with E-state index in [1.165, 1.54) is 25.2 Å². The number of nitrogens with zero attached hydrogens (tertiary/aromatic N) is 2. The predicted molar refractivity (Wildman–Crippen MR) is 184 cm³/mol. The second-order valence-electron chi connectivity index (χ2n) is 13.0. The van der Waals surface area contributed by atoms with E-state index >= 15 is 0 Å². The van der Waals surface area contributed by atoms with Crippen molar-refractivity contribution in [2.75, 3.05) is 19.1 Å². The van der Waals surface area contributed by atoms with Gasteiger partial charge in [0, 0.05) is 28.2 Å². The Bertz CT molecular complexity index is 2210. The van der Waals surface area contributed by atoms with Crippen LogP contribution in [0, 0.1) is 23.7 Å². The fourth-order valence-electron chi connectivity index (χ4n) is 7.88. The molecule has 10 nitrogen and oxygen atoms in total. The summed E-state index contributed by atoms with van der Waals surface area (Å²) in [4.78, 5) is 61.1. The normalized spacial score (nSPS) is 23.2. The van der Waals surface area contributed by atoms with E-state index in [0.29, 0.717) is 51.4 Å². The van der Waals surface area contributed by atoms with Crippen LogP contribution < -0.4 is 14.4 Å². The number of aromatic nitrogens is 1. The first-order valence-corrected chi connectivity index (χ1v) is 16.4. The number of ether oxygens (including phenoxy) is 2. The van der Waals surface area contributed by atoms with Gasteiger partial charge in [-0.2, -0.15) is 0 Å². The van der Waals surface area contributed by atoms with Crippen molar-refractivity contribution in [2.24, 2.45) is 23.7 Å². The highest BCUT2D eigenvalue weighted by Crippen LogP contribution is 2.53. The number of hydrogen-bond donors (Lipinski definition) is 1. The van der Waals surface area contributed by atoms with Gasteiger partial charge in [0.15, 0.2) is 28.6 Å². The SMILES string of the molecule is COc1cc(C=C[C@H]2C3=CC[C@@H]4C(=O)N(c5ccc(-c6nc7ccccc7o6)cc5)C(=O)[C@@H]4[C@@H]3CC3=C2C(=O)C=C(C)C3=O)cc(OC)c1O. The number of hydrogen-bond acceptors (Lipinski definition) is 9. The van der Waals surface area contributed by atoms with Crippen LogP contribution in [0.25, 0.3) is 28.6 Å². The predicted octanol–water partition coefficient (Wildman–Crippen LogP) is 6.40. The van der Waals surface area contributed by atoms with Crippen LogP contribution in [0.4, 0.5) is 5.69 Å². The molecule has 50 heavy (non-hydrogen) atoms. The van der Waals surface area contributed by atoms with Crippen LogP contribution >= 0.6 is 0 Å². The molecule has 2 amide bonds. The number of imide groups is 1. The van der Waals surface area contributed by atoms with Gasteiger partial charge in [-0.1, -0.05) is 35.9 Å². The maximum absolute atomic E-state index is 14.3. The van der Waals surface area contributed by atoms with E-state index in [4.69, 9.17) is 13.9 Å². The maximum atomic E-state index is 14.3. The monoisotopic (exact) mass is 668 g/mol. The summed E-state index contributed by atoms with van der Waals surface area (Å²) in [5.74, 6) is -2.74. The average molecular weight is 669 g/mol. The number of Topliss-reactive ketones (excluding diaryl/α,β-unsaturated/α-hetero) is 1. The number of phenolic OH excluding ortho intramolecular Hbond substituents is 1. The number of para-hydroxylation sites is 2. The molecule has 0 bridgehead atoms. The molecule has 10 heteroatoms. The summed E-state index contributed by atoms with van der Waals surface area (Å²) in [6, 6.07) is 17.7. The largest absolute Gasteiger partial charge is 0.502 e. The fraction of sp³-hybridized carbons (Fsp3) is 0.225. The van der Waals surface area contributed by atoms with Gasteiger partial charge in [0.2, 0.25) is 23.5 Å². The lowest BCUT2D eigenvalue weighted by Crippen LogP contribution is -2.40. The molecule has 1 saturated heterocycles. The number of rotatable bonds is 6. The molecule has 0 unspecified atom stereocenters. The Morgan fingerprint density at radius 2 is 1.66 bits per heavy atom. The van der Waals surface area contributed by atoms with Gasteiger partial charge >= 0.3 is 0 Å². The third-order valence-corrected chi connectivity index (χ3v) is 10.3. The van der Waals surface area contributed by atoms with Crippen molar-refractivity contribution in [1.29, 1.82) is 0 Å². The molecule has 4 atom stereocenters. The summed E-state index contributed by atoms with van der Waals surface area (Å²) in [6.07, 6.45) is 7.47. The highest BCUT2D eigenvalue weighted by Gasteiger charge is 2.56. The molecular formula is C40H32N2O8. The Morgan fingerprint density at radius 3 is 2.36 bits per heavy atom. The number of phenols is 1. The van der Waals surface area contributed by atoms with Gasteiger partial charge in [0.05, 0.1) is 31.7 Å². The number of benzene rings is 3. The minimum absolute atomic E-state index is 0.139. The molecule has 0 radical (unpaired) electrons. The van der Waals surface area contributed by atoms with Crippen molar-refractivity contribution >= 4 is 46.2 Å². The van der Waals surface area contributed by atoms with Gasteiger partial charge in [-0.15, -0.1) is 0 Å². The van der Waals surface area contributed by atoms with E-state index in [1.54, 1.807) is 49.4 Å². The van der Waals surface area contributed by atoms with Crippen LogP contribution in [0.2, 0.25) is 0 Å². The standard InChI is InChI=1S/C40H32N2O8/c1-20-16-30(43)34-25(13-8-21-17-32(48-2)37(45)33(18-21)49-3)24-14-15-26-35(27(24)19-28(34)36(20)44)40(47)42(39(26)46)23-11-9-22(10-12-23)38-41-29-6-4-5-7-31(29)50-38/h4-14,16-18,25-27,35,45H,15,19H2,1-3H3/t25-,26-,27+,35-/m0/s1.